The number of carbonyl (C=O) groups excluding carboxylic acids is 1. The van der Waals surface area contributed by atoms with Crippen LogP contribution in [-0.2, 0) is 9.53 Å². The predicted molar refractivity (Wildman–Crippen MR) is 104 cm³/mol. The number of anilines is 1. The van der Waals surface area contributed by atoms with Crippen LogP contribution in [0.25, 0.3) is 0 Å². The Balaban J connectivity index is 1.64. The Bertz CT molecular complexity index is 602. The van der Waals surface area contributed by atoms with Crippen molar-refractivity contribution in [3.05, 3.63) is 24.3 Å². The predicted octanol–water partition coefficient (Wildman–Crippen LogP) is 1.96. The van der Waals surface area contributed by atoms with Gasteiger partial charge in [0.15, 0.2) is 5.96 Å². The standard InChI is InChI=1S/C19H30N4O3/c1-15(24)22-17-5-4-6-18(13-17)26-11-9-21-19(20-2)23(3)10-12-25-14-16-7-8-16/h4-6,13,16H,7-12,14H2,1-3H3,(H,20,21)(H,22,24). The van der Waals surface area contributed by atoms with Gasteiger partial charge < -0.3 is 25.0 Å². The third kappa shape index (κ3) is 7.74. The highest BCUT2D eigenvalue weighted by molar-refractivity contribution is 5.88. The largest absolute Gasteiger partial charge is 0.492 e. The molecular formula is C19H30N4O3. The molecule has 0 heterocycles. The van der Waals surface area contributed by atoms with Gasteiger partial charge in [0.2, 0.25) is 5.91 Å². The number of guanidine groups is 1. The molecule has 0 spiro atoms. The molecular weight excluding hydrogens is 332 g/mol. The first-order chi connectivity index (χ1) is 12.6. The molecule has 1 aliphatic carbocycles. The summed E-state index contributed by atoms with van der Waals surface area (Å²) in [7, 11) is 3.76. The van der Waals surface area contributed by atoms with Crippen LogP contribution in [0.1, 0.15) is 19.8 Å². The fourth-order valence-electron chi connectivity index (χ4n) is 2.43. The Hall–Kier alpha value is -2.28. The van der Waals surface area contributed by atoms with Gasteiger partial charge in [0, 0.05) is 45.9 Å². The van der Waals surface area contributed by atoms with Gasteiger partial charge in [-0.25, -0.2) is 0 Å². The minimum atomic E-state index is -0.100. The summed E-state index contributed by atoms with van der Waals surface area (Å²) in [5.74, 6) is 2.22. The van der Waals surface area contributed by atoms with Crippen LogP contribution in [0.5, 0.6) is 5.75 Å². The molecule has 1 saturated carbocycles. The second kappa shape index (κ2) is 10.7. The molecule has 0 aromatic heterocycles. The number of ether oxygens (including phenoxy) is 2. The van der Waals surface area contributed by atoms with E-state index in [9.17, 15) is 4.79 Å². The number of likely N-dealkylation sites (N-methyl/N-ethyl adjacent to an activating group) is 1. The number of rotatable bonds is 10. The number of nitrogens with one attached hydrogen (secondary N) is 2. The van der Waals surface area contributed by atoms with E-state index in [2.05, 4.69) is 15.6 Å². The average Bonchev–Trinajstić information content (AvgIpc) is 3.43. The Morgan fingerprint density at radius 3 is 2.85 bits per heavy atom. The van der Waals surface area contributed by atoms with E-state index >= 15 is 0 Å². The molecule has 0 radical (unpaired) electrons. The van der Waals surface area contributed by atoms with Gasteiger partial charge in [-0.1, -0.05) is 6.07 Å². The Morgan fingerprint density at radius 1 is 1.35 bits per heavy atom. The van der Waals surface area contributed by atoms with E-state index in [0.717, 1.165) is 36.5 Å². The lowest BCUT2D eigenvalue weighted by Crippen LogP contribution is -2.42. The number of hydrogen-bond donors (Lipinski definition) is 2. The number of carbonyl (C=O) groups is 1. The van der Waals surface area contributed by atoms with Crippen molar-refractivity contribution in [2.45, 2.75) is 19.8 Å². The van der Waals surface area contributed by atoms with Gasteiger partial charge in [0.25, 0.3) is 0 Å². The number of hydrogen-bond acceptors (Lipinski definition) is 4. The van der Waals surface area contributed by atoms with Crippen molar-refractivity contribution >= 4 is 17.6 Å². The molecule has 0 bridgehead atoms. The zero-order valence-electron chi connectivity index (χ0n) is 16.0. The highest BCUT2D eigenvalue weighted by Gasteiger charge is 2.21. The smallest absolute Gasteiger partial charge is 0.221 e. The third-order valence-electron chi connectivity index (χ3n) is 4.00. The molecule has 1 aliphatic rings. The molecule has 1 aromatic carbocycles. The van der Waals surface area contributed by atoms with Gasteiger partial charge >= 0.3 is 0 Å². The van der Waals surface area contributed by atoms with E-state index in [1.807, 2.05) is 30.1 Å². The molecule has 7 heteroatoms. The van der Waals surface area contributed by atoms with Crippen LogP contribution in [0.3, 0.4) is 0 Å². The fraction of sp³-hybridized carbons (Fsp3) is 0.579. The van der Waals surface area contributed by atoms with Gasteiger partial charge in [0.05, 0.1) is 13.2 Å². The summed E-state index contributed by atoms with van der Waals surface area (Å²) >= 11 is 0. The molecule has 144 valence electrons. The first kappa shape index (κ1) is 20.0. The zero-order chi connectivity index (χ0) is 18.8. The topological polar surface area (TPSA) is 75.2 Å². The highest BCUT2D eigenvalue weighted by Crippen LogP contribution is 2.28. The van der Waals surface area contributed by atoms with E-state index in [1.165, 1.54) is 19.8 Å². The molecule has 1 amide bonds. The first-order valence-corrected chi connectivity index (χ1v) is 9.08. The molecule has 7 nitrogen and oxygen atoms in total. The molecule has 0 atom stereocenters. The summed E-state index contributed by atoms with van der Waals surface area (Å²) in [6.45, 7) is 4.99. The van der Waals surface area contributed by atoms with Crippen LogP contribution in [0.15, 0.2) is 29.3 Å². The number of aliphatic imine (C=N–C) groups is 1. The summed E-state index contributed by atoms with van der Waals surface area (Å²) in [5, 5.41) is 6.01. The molecule has 1 aromatic rings. The van der Waals surface area contributed by atoms with E-state index in [1.54, 1.807) is 13.1 Å². The molecule has 0 aliphatic heterocycles. The minimum absolute atomic E-state index is 0.100. The summed E-state index contributed by atoms with van der Waals surface area (Å²) < 4.78 is 11.4. The van der Waals surface area contributed by atoms with Gasteiger partial charge in [-0.05, 0) is 30.9 Å². The third-order valence-corrected chi connectivity index (χ3v) is 4.00. The normalized spacial score (nSPS) is 14.0. The SMILES string of the molecule is CN=C(NCCOc1cccc(NC(C)=O)c1)N(C)CCOCC1CC1. The van der Waals surface area contributed by atoms with Gasteiger partial charge in [-0.15, -0.1) is 0 Å². The van der Waals surface area contributed by atoms with Gasteiger partial charge in [-0.2, -0.15) is 0 Å². The van der Waals surface area contributed by atoms with Crippen LogP contribution in [0.4, 0.5) is 5.69 Å². The van der Waals surface area contributed by atoms with Crippen molar-refractivity contribution in [3.63, 3.8) is 0 Å². The minimum Gasteiger partial charge on any atom is -0.492 e. The molecule has 2 rings (SSSR count). The van der Waals surface area contributed by atoms with E-state index in [0.29, 0.717) is 19.8 Å². The maximum absolute atomic E-state index is 11.1. The number of benzene rings is 1. The molecule has 2 N–H and O–H groups in total. The Labute approximate surface area is 155 Å². The monoisotopic (exact) mass is 362 g/mol. The second-order valence-corrected chi connectivity index (χ2v) is 6.47. The maximum Gasteiger partial charge on any atom is 0.221 e. The van der Waals surface area contributed by atoms with Crippen LogP contribution in [0, 0.1) is 5.92 Å². The summed E-state index contributed by atoms with van der Waals surface area (Å²) in [6, 6.07) is 7.35. The van der Waals surface area contributed by atoms with Gasteiger partial charge in [0.1, 0.15) is 12.4 Å². The van der Waals surface area contributed by atoms with Crippen molar-refractivity contribution in [1.82, 2.24) is 10.2 Å². The van der Waals surface area contributed by atoms with Crippen LogP contribution in [0.2, 0.25) is 0 Å². The first-order valence-electron chi connectivity index (χ1n) is 9.08. The van der Waals surface area contributed by atoms with Crippen molar-refractivity contribution < 1.29 is 14.3 Å². The lowest BCUT2D eigenvalue weighted by atomic mass is 10.3. The summed E-state index contributed by atoms with van der Waals surface area (Å²) in [5.41, 5.74) is 0.727. The summed E-state index contributed by atoms with van der Waals surface area (Å²) in [6.07, 6.45) is 2.62. The highest BCUT2D eigenvalue weighted by atomic mass is 16.5. The lowest BCUT2D eigenvalue weighted by molar-refractivity contribution is -0.114. The Morgan fingerprint density at radius 2 is 2.15 bits per heavy atom. The van der Waals surface area contributed by atoms with E-state index < -0.39 is 0 Å². The maximum atomic E-state index is 11.1. The number of nitrogens with zero attached hydrogens (tertiary/aromatic N) is 2. The fourth-order valence-corrected chi connectivity index (χ4v) is 2.43. The van der Waals surface area contributed by atoms with E-state index in [-0.39, 0.29) is 5.91 Å². The molecule has 26 heavy (non-hydrogen) atoms. The molecule has 0 saturated heterocycles. The Kier molecular flexibility index (Phi) is 8.21. The quantitative estimate of drug-likeness (QED) is 0.378. The second-order valence-electron chi connectivity index (χ2n) is 6.47. The van der Waals surface area contributed by atoms with Crippen molar-refractivity contribution in [1.29, 1.82) is 0 Å². The van der Waals surface area contributed by atoms with Crippen molar-refractivity contribution in [2.75, 3.05) is 52.3 Å². The zero-order valence-corrected chi connectivity index (χ0v) is 16.0. The number of amides is 1. The lowest BCUT2D eigenvalue weighted by Gasteiger charge is -2.22. The molecule has 1 fully saturated rings. The average molecular weight is 362 g/mol. The van der Waals surface area contributed by atoms with Crippen LogP contribution in [-0.4, -0.2) is 63.8 Å². The van der Waals surface area contributed by atoms with Crippen LogP contribution >= 0.6 is 0 Å². The van der Waals surface area contributed by atoms with E-state index in [4.69, 9.17) is 9.47 Å². The van der Waals surface area contributed by atoms with Crippen molar-refractivity contribution in [2.24, 2.45) is 10.9 Å². The molecule has 0 unspecified atom stereocenters. The summed E-state index contributed by atoms with van der Waals surface area (Å²) in [4.78, 5) is 17.4. The van der Waals surface area contributed by atoms with Gasteiger partial charge in [-0.3, -0.25) is 9.79 Å². The van der Waals surface area contributed by atoms with Crippen LogP contribution < -0.4 is 15.4 Å². The van der Waals surface area contributed by atoms with Crippen molar-refractivity contribution in [3.8, 4) is 5.75 Å².